The fraction of sp³-hybridized carbons (Fsp3) is 0.533. The molecule has 1 amide bonds. The summed E-state index contributed by atoms with van der Waals surface area (Å²) in [5, 5.41) is 2.84. The molecule has 0 heterocycles. The van der Waals surface area contributed by atoms with Gasteiger partial charge in [-0.2, -0.15) is 0 Å². The van der Waals surface area contributed by atoms with Gasteiger partial charge in [-0.25, -0.2) is 0 Å². The van der Waals surface area contributed by atoms with E-state index >= 15 is 0 Å². The van der Waals surface area contributed by atoms with E-state index in [1.54, 1.807) is 12.1 Å². The van der Waals surface area contributed by atoms with Crippen LogP contribution in [0.1, 0.15) is 44.0 Å². The monoisotopic (exact) mass is 300 g/mol. The second-order valence-corrected chi connectivity index (χ2v) is 4.88. The molecule has 0 fully saturated rings. The van der Waals surface area contributed by atoms with Gasteiger partial charge in [-0.3, -0.25) is 4.79 Å². The predicted molar refractivity (Wildman–Crippen MR) is 84.7 cm³/mol. The van der Waals surface area contributed by atoms with Crippen LogP contribution < -0.4 is 15.8 Å². The maximum absolute atomic E-state index is 11.8. The molecule has 0 aliphatic carbocycles. The van der Waals surface area contributed by atoms with Gasteiger partial charge in [0.15, 0.2) is 0 Å². The Bertz CT molecular complexity index is 393. The average molecular weight is 301 g/mol. The molecule has 0 spiro atoms. The average Bonchev–Trinajstić information content (AvgIpc) is 2.38. The zero-order chi connectivity index (χ0) is 14.3. The standard InChI is InChI=1S/C15H24N2O2.ClH/c1-4-12(3)19-14-7-5-13(6-8-14)15(18)17-10-9-11(2)16;/h5-8,11-12H,4,9-10,16H2,1-3H3,(H,17,18);1H. The van der Waals surface area contributed by atoms with Gasteiger partial charge in [0.05, 0.1) is 6.10 Å². The van der Waals surface area contributed by atoms with Crippen LogP contribution >= 0.6 is 12.4 Å². The van der Waals surface area contributed by atoms with Crippen LogP contribution in [-0.2, 0) is 0 Å². The number of amides is 1. The normalized spacial score (nSPS) is 13.0. The third-order valence-corrected chi connectivity index (χ3v) is 2.91. The van der Waals surface area contributed by atoms with Crippen molar-refractivity contribution in [1.82, 2.24) is 5.32 Å². The number of rotatable bonds is 7. The summed E-state index contributed by atoms with van der Waals surface area (Å²) in [5.74, 6) is 0.720. The van der Waals surface area contributed by atoms with Crippen LogP contribution in [0.15, 0.2) is 24.3 Å². The highest BCUT2D eigenvalue weighted by molar-refractivity contribution is 5.94. The molecule has 5 heteroatoms. The summed E-state index contributed by atoms with van der Waals surface area (Å²) in [5.41, 5.74) is 6.27. The first-order valence-corrected chi connectivity index (χ1v) is 6.83. The quantitative estimate of drug-likeness (QED) is 0.814. The van der Waals surface area contributed by atoms with Gasteiger partial charge in [0.2, 0.25) is 0 Å². The molecule has 2 unspecified atom stereocenters. The highest BCUT2D eigenvalue weighted by Crippen LogP contribution is 2.14. The summed E-state index contributed by atoms with van der Waals surface area (Å²) < 4.78 is 5.66. The summed E-state index contributed by atoms with van der Waals surface area (Å²) in [4.78, 5) is 11.8. The van der Waals surface area contributed by atoms with E-state index < -0.39 is 0 Å². The van der Waals surface area contributed by atoms with Crippen molar-refractivity contribution in [1.29, 1.82) is 0 Å². The first kappa shape index (κ1) is 18.7. The molecule has 1 rings (SSSR count). The van der Waals surface area contributed by atoms with Gasteiger partial charge in [-0.05, 0) is 51.0 Å². The fourth-order valence-electron chi connectivity index (χ4n) is 1.52. The van der Waals surface area contributed by atoms with E-state index in [-0.39, 0.29) is 30.5 Å². The van der Waals surface area contributed by atoms with Crippen LogP contribution in [-0.4, -0.2) is 24.6 Å². The smallest absolute Gasteiger partial charge is 0.251 e. The van der Waals surface area contributed by atoms with E-state index in [1.807, 2.05) is 26.0 Å². The van der Waals surface area contributed by atoms with Gasteiger partial charge in [0.25, 0.3) is 5.91 Å². The summed E-state index contributed by atoms with van der Waals surface area (Å²) >= 11 is 0. The highest BCUT2D eigenvalue weighted by atomic mass is 35.5. The van der Waals surface area contributed by atoms with Crippen LogP contribution in [0.4, 0.5) is 0 Å². The zero-order valence-electron chi connectivity index (χ0n) is 12.4. The summed E-state index contributed by atoms with van der Waals surface area (Å²) in [7, 11) is 0. The molecule has 0 aliphatic rings. The largest absolute Gasteiger partial charge is 0.491 e. The van der Waals surface area contributed by atoms with Crippen molar-refractivity contribution in [3.05, 3.63) is 29.8 Å². The summed E-state index contributed by atoms with van der Waals surface area (Å²) in [6, 6.07) is 7.31. The first-order valence-electron chi connectivity index (χ1n) is 6.83. The van der Waals surface area contributed by atoms with Crippen LogP contribution in [0.3, 0.4) is 0 Å². The number of ether oxygens (including phenoxy) is 1. The molecule has 3 N–H and O–H groups in total. The van der Waals surface area contributed by atoms with Crippen molar-refractivity contribution < 1.29 is 9.53 Å². The van der Waals surface area contributed by atoms with Gasteiger partial charge in [-0.1, -0.05) is 6.92 Å². The van der Waals surface area contributed by atoms with E-state index in [0.717, 1.165) is 18.6 Å². The Morgan fingerprint density at radius 2 is 1.90 bits per heavy atom. The number of hydrogen-bond donors (Lipinski definition) is 2. The lowest BCUT2D eigenvalue weighted by molar-refractivity contribution is 0.0952. The zero-order valence-corrected chi connectivity index (χ0v) is 13.2. The minimum atomic E-state index is -0.0734. The lowest BCUT2D eigenvalue weighted by atomic mass is 10.2. The van der Waals surface area contributed by atoms with Crippen molar-refractivity contribution in [2.45, 2.75) is 45.8 Å². The van der Waals surface area contributed by atoms with E-state index in [0.29, 0.717) is 12.1 Å². The van der Waals surface area contributed by atoms with Crippen LogP contribution in [0, 0.1) is 0 Å². The molecular weight excluding hydrogens is 276 g/mol. The lowest BCUT2D eigenvalue weighted by Crippen LogP contribution is -2.28. The predicted octanol–water partition coefficient (Wildman–Crippen LogP) is 2.75. The van der Waals surface area contributed by atoms with Crippen molar-refractivity contribution >= 4 is 18.3 Å². The van der Waals surface area contributed by atoms with Crippen molar-refractivity contribution in [2.24, 2.45) is 5.73 Å². The Balaban J connectivity index is 0.00000361. The molecule has 20 heavy (non-hydrogen) atoms. The molecular formula is C15H25ClN2O2. The molecule has 0 aromatic heterocycles. The minimum Gasteiger partial charge on any atom is -0.491 e. The maximum atomic E-state index is 11.8. The Kier molecular flexibility index (Phi) is 9.01. The molecule has 4 nitrogen and oxygen atoms in total. The van der Waals surface area contributed by atoms with E-state index in [9.17, 15) is 4.79 Å². The number of hydrogen-bond acceptors (Lipinski definition) is 3. The van der Waals surface area contributed by atoms with Crippen molar-refractivity contribution in [3.63, 3.8) is 0 Å². The first-order chi connectivity index (χ1) is 9.02. The Labute approximate surface area is 127 Å². The van der Waals surface area contributed by atoms with Crippen molar-refractivity contribution in [3.8, 4) is 5.75 Å². The number of carbonyl (C=O) groups excluding carboxylic acids is 1. The fourth-order valence-corrected chi connectivity index (χ4v) is 1.52. The third-order valence-electron chi connectivity index (χ3n) is 2.91. The summed E-state index contributed by atoms with van der Waals surface area (Å²) in [6.07, 6.45) is 1.92. The number of benzene rings is 1. The molecule has 1 aromatic rings. The number of halogens is 1. The van der Waals surface area contributed by atoms with E-state index in [4.69, 9.17) is 10.5 Å². The second kappa shape index (κ2) is 9.61. The molecule has 2 atom stereocenters. The molecule has 0 saturated heterocycles. The van der Waals surface area contributed by atoms with Gasteiger partial charge in [0.1, 0.15) is 5.75 Å². The molecule has 0 bridgehead atoms. The molecule has 0 aliphatic heterocycles. The molecule has 1 aromatic carbocycles. The van der Waals surface area contributed by atoms with Gasteiger partial charge >= 0.3 is 0 Å². The Morgan fingerprint density at radius 3 is 2.40 bits per heavy atom. The van der Waals surface area contributed by atoms with Crippen LogP contribution in [0.2, 0.25) is 0 Å². The number of carbonyl (C=O) groups is 1. The van der Waals surface area contributed by atoms with Crippen molar-refractivity contribution in [2.75, 3.05) is 6.54 Å². The van der Waals surface area contributed by atoms with E-state index in [2.05, 4.69) is 12.2 Å². The summed E-state index contributed by atoms with van der Waals surface area (Å²) in [6.45, 7) is 6.62. The second-order valence-electron chi connectivity index (χ2n) is 4.88. The van der Waals surface area contributed by atoms with Crippen LogP contribution in [0.25, 0.3) is 0 Å². The maximum Gasteiger partial charge on any atom is 0.251 e. The Morgan fingerprint density at radius 1 is 1.30 bits per heavy atom. The number of nitrogens with two attached hydrogens (primary N) is 1. The SMILES string of the molecule is CCC(C)Oc1ccc(C(=O)NCCC(C)N)cc1.Cl. The Hall–Kier alpha value is -1.26. The third kappa shape index (κ3) is 6.78. The number of nitrogens with one attached hydrogen (secondary N) is 1. The van der Waals surface area contributed by atoms with E-state index in [1.165, 1.54) is 0 Å². The molecule has 114 valence electrons. The minimum absolute atomic E-state index is 0. The molecule has 0 saturated carbocycles. The van der Waals surface area contributed by atoms with Crippen LogP contribution in [0.5, 0.6) is 5.75 Å². The van der Waals surface area contributed by atoms with Gasteiger partial charge in [-0.15, -0.1) is 12.4 Å². The highest BCUT2D eigenvalue weighted by Gasteiger charge is 2.06. The van der Waals surface area contributed by atoms with Gasteiger partial charge < -0.3 is 15.8 Å². The topological polar surface area (TPSA) is 64.3 Å². The molecule has 0 radical (unpaired) electrons. The van der Waals surface area contributed by atoms with Gasteiger partial charge in [0, 0.05) is 18.2 Å². The lowest BCUT2D eigenvalue weighted by Gasteiger charge is -2.13.